The number of fused-ring (bicyclic) bond motifs is 5. The Hall–Kier alpha value is -0.293. The summed E-state index contributed by atoms with van der Waals surface area (Å²) in [6, 6.07) is 0. The van der Waals surface area contributed by atoms with E-state index in [4.69, 9.17) is 13.7 Å². The van der Waals surface area contributed by atoms with Crippen molar-refractivity contribution in [1.29, 1.82) is 0 Å². The second-order valence-electron chi connectivity index (χ2n) is 18.0. The first-order chi connectivity index (χ1) is 20.4. The summed E-state index contributed by atoms with van der Waals surface area (Å²) < 4.78 is 18.4. The number of hydrogen-bond donors (Lipinski definition) is 0. The van der Waals surface area contributed by atoms with Crippen LogP contribution in [0, 0.1) is 58.2 Å². The smallest absolute Gasteiger partial charge is 0.302 e. The van der Waals surface area contributed by atoms with E-state index in [1.54, 1.807) is 0 Å². The van der Waals surface area contributed by atoms with Crippen LogP contribution in [0.25, 0.3) is 0 Å². The fourth-order valence-electron chi connectivity index (χ4n) is 10.6. The van der Waals surface area contributed by atoms with Crippen molar-refractivity contribution in [3.8, 4) is 0 Å². The Bertz CT molecular complexity index is 1020. The van der Waals surface area contributed by atoms with Gasteiger partial charge in [0.15, 0.2) is 8.32 Å². The van der Waals surface area contributed by atoms with E-state index in [1.807, 2.05) is 0 Å². The van der Waals surface area contributed by atoms with Crippen molar-refractivity contribution >= 4 is 29.5 Å². The Morgan fingerprint density at radius 2 is 1.70 bits per heavy atom. The molecule has 4 aliphatic carbocycles. The summed E-state index contributed by atoms with van der Waals surface area (Å²) in [5.74, 6) is 3.96. The number of ketones is 1. The van der Waals surface area contributed by atoms with Gasteiger partial charge in [0.1, 0.15) is 5.78 Å². The molecule has 0 bridgehead atoms. The molecule has 5 nitrogen and oxygen atoms in total. The predicted octanol–water partition coefficient (Wildman–Crippen LogP) is 9.64. The quantitative estimate of drug-likeness (QED) is 0.127. The van der Waals surface area contributed by atoms with Gasteiger partial charge in [-0.25, -0.2) is 0 Å². The van der Waals surface area contributed by atoms with E-state index in [2.05, 4.69) is 78.0 Å². The molecule has 0 saturated heterocycles. The highest BCUT2D eigenvalue weighted by atomic mass is 31.0. The van der Waals surface area contributed by atoms with Gasteiger partial charge >= 0.3 is 5.97 Å². The number of rotatable bonds is 11. The van der Waals surface area contributed by atoms with Crippen molar-refractivity contribution in [2.24, 2.45) is 58.2 Å². The van der Waals surface area contributed by atoms with Gasteiger partial charge in [-0.15, -0.1) is 0 Å². The summed E-state index contributed by atoms with van der Waals surface area (Å²) in [5, 5.41) is 0.246. The maximum Gasteiger partial charge on any atom is 0.302 e. The molecule has 12 atom stereocenters. The van der Waals surface area contributed by atoms with E-state index in [0.717, 1.165) is 25.2 Å². The van der Waals surface area contributed by atoms with Gasteiger partial charge in [-0.3, -0.25) is 9.59 Å². The molecule has 7 heteroatoms. The van der Waals surface area contributed by atoms with Crippen molar-refractivity contribution in [2.45, 2.75) is 157 Å². The predicted molar refractivity (Wildman–Crippen MR) is 186 cm³/mol. The third-order valence-electron chi connectivity index (χ3n) is 14.4. The van der Waals surface area contributed by atoms with Gasteiger partial charge in [-0.1, -0.05) is 55.4 Å². The Morgan fingerprint density at radius 3 is 2.30 bits per heavy atom. The first-order valence-corrected chi connectivity index (χ1v) is 21.4. The molecule has 0 N–H and O–H groups in total. The minimum atomic E-state index is -1.78. The molecule has 12 unspecified atom stereocenters. The van der Waals surface area contributed by atoms with Gasteiger partial charge in [-0.05, 0) is 128 Å². The average Bonchev–Trinajstić information content (AvgIpc) is 3.19. The summed E-state index contributed by atoms with van der Waals surface area (Å²) >= 11 is 0. The molecular weight excluding hydrogens is 583 g/mol. The molecule has 0 aromatic carbocycles. The van der Waals surface area contributed by atoms with E-state index < -0.39 is 8.32 Å². The van der Waals surface area contributed by atoms with Crippen molar-refractivity contribution in [3.63, 3.8) is 0 Å². The maximum atomic E-state index is 14.1. The van der Waals surface area contributed by atoms with Crippen LogP contribution in [0.5, 0.6) is 0 Å². The number of carbonyl (C=O) groups excluding carboxylic acids is 2. The SMILES string of the molecule is CC(=O)OCCC(CC(OP)C(C)C1CC(=O)C2C3CCC4CC(O[Si](C)(C)C(C)(C)C)CCC4(C)C3CCC12C)C(C)C. The van der Waals surface area contributed by atoms with Crippen LogP contribution in [0.3, 0.4) is 0 Å². The van der Waals surface area contributed by atoms with Crippen LogP contribution in [-0.2, 0) is 23.3 Å². The second kappa shape index (κ2) is 13.7. The van der Waals surface area contributed by atoms with Crippen molar-refractivity contribution in [2.75, 3.05) is 6.61 Å². The van der Waals surface area contributed by atoms with Crippen molar-refractivity contribution in [1.82, 2.24) is 0 Å². The number of ether oxygens (including phenoxy) is 1. The molecule has 4 saturated carbocycles. The molecule has 0 amide bonds. The van der Waals surface area contributed by atoms with E-state index in [-0.39, 0.29) is 28.4 Å². The lowest BCUT2D eigenvalue weighted by molar-refractivity contribution is -0.146. The van der Waals surface area contributed by atoms with E-state index in [0.29, 0.717) is 65.8 Å². The molecule has 0 aromatic rings. The standard InChI is InChI=1S/C37H67O5PSi/c1-23(2)26(16-19-40-25(4)38)20-33(41-43)24(3)31-22-32(39)34-29-13-12-27-21-28(42-44(10,11)35(5,6)7)14-17-36(27,8)30(29)15-18-37(31,34)9/h23-24,26-31,33-34H,12-22,43H2,1-11H3. The van der Waals surface area contributed by atoms with Crippen LogP contribution >= 0.6 is 9.47 Å². The molecule has 4 fully saturated rings. The first-order valence-electron chi connectivity index (χ1n) is 18.0. The number of carbonyl (C=O) groups is 2. The summed E-state index contributed by atoms with van der Waals surface area (Å²) in [5.41, 5.74) is 0.385. The van der Waals surface area contributed by atoms with Crippen LogP contribution in [-0.4, -0.2) is 38.9 Å². The highest BCUT2D eigenvalue weighted by Crippen LogP contribution is 2.68. The third-order valence-corrected chi connectivity index (χ3v) is 19.3. The largest absolute Gasteiger partial charge is 0.466 e. The zero-order valence-corrected chi connectivity index (χ0v) is 32.3. The van der Waals surface area contributed by atoms with Crippen LogP contribution in [0.15, 0.2) is 0 Å². The molecule has 4 aliphatic rings. The van der Waals surface area contributed by atoms with Gasteiger partial charge in [0.25, 0.3) is 0 Å². The fourth-order valence-corrected chi connectivity index (χ4v) is 12.3. The van der Waals surface area contributed by atoms with Crippen LogP contribution in [0.1, 0.15) is 127 Å². The second-order valence-corrected chi connectivity index (χ2v) is 23.1. The summed E-state index contributed by atoms with van der Waals surface area (Å²) in [6.07, 6.45) is 11.5. The molecule has 0 aliphatic heterocycles. The third kappa shape index (κ3) is 7.09. The van der Waals surface area contributed by atoms with E-state index >= 15 is 0 Å². The summed E-state index contributed by atoms with van der Waals surface area (Å²) in [7, 11) is 0.764. The summed E-state index contributed by atoms with van der Waals surface area (Å²) in [6.45, 7) is 25.7. The molecule has 254 valence electrons. The van der Waals surface area contributed by atoms with E-state index in [9.17, 15) is 9.59 Å². The van der Waals surface area contributed by atoms with Crippen LogP contribution < -0.4 is 0 Å². The highest BCUT2D eigenvalue weighted by Gasteiger charge is 2.64. The molecule has 0 radical (unpaired) electrons. The van der Waals surface area contributed by atoms with Crippen molar-refractivity contribution in [3.05, 3.63) is 0 Å². The zero-order chi connectivity index (χ0) is 32.8. The minimum Gasteiger partial charge on any atom is -0.466 e. The maximum absolute atomic E-state index is 14.1. The normalized spacial score (nSPS) is 38.0. The number of Topliss-reactive ketones (excluding diaryl/α,β-unsaturated/α-hetero) is 1. The Kier molecular flexibility index (Phi) is 11.4. The van der Waals surface area contributed by atoms with E-state index in [1.165, 1.54) is 45.4 Å². The Labute approximate surface area is 273 Å². The molecule has 0 spiro atoms. The minimum absolute atomic E-state index is 0.0516. The molecule has 0 aromatic heterocycles. The number of hydrogen-bond acceptors (Lipinski definition) is 5. The van der Waals surface area contributed by atoms with Gasteiger partial charge in [0.05, 0.1) is 12.7 Å². The van der Waals surface area contributed by atoms with Crippen molar-refractivity contribution < 1.29 is 23.3 Å². The van der Waals surface area contributed by atoms with Gasteiger partial charge in [-0.2, -0.15) is 0 Å². The fraction of sp³-hybridized carbons (Fsp3) is 0.946. The van der Waals surface area contributed by atoms with Crippen LogP contribution in [0.4, 0.5) is 0 Å². The Morgan fingerprint density at radius 1 is 1.05 bits per heavy atom. The molecular formula is C37H67O5PSi. The molecule has 0 heterocycles. The lowest BCUT2D eigenvalue weighted by atomic mass is 9.44. The zero-order valence-electron chi connectivity index (χ0n) is 30.2. The lowest BCUT2D eigenvalue weighted by Crippen LogP contribution is -2.56. The van der Waals surface area contributed by atoms with Gasteiger partial charge < -0.3 is 13.7 Å². The molecule has 44 heavy (non-hydrogen) atoms. The Balaban J connectivity index is 1.46. The van der Waals surface area contributed by atoms with Crippen LogP contribution in [0.2, 0.25) is 18.1 Å². The number of esters is 1. The van der Waals surface area contributed by atoms with Gasteiger partial charge in [0.2, 0.25) is 0 Å². The average molecular weight is 651 g/mol. The van der Waals surface area contributed by atoms with Gasteiger partial charge in [0, 0.05) is 34.8 Å². The monoisotopic (exact) mass is 650 g/mol. The highest BCUT2D eigenvalue weighted by molar-refractivity contribution is 7.09. The first kappa shape index (κ1) is 36.5. The summed E-state index contributed by atoms with van der Waals surface area (Å²) in [4.78, 5) is 25.5. The lowest BCUT2D eigenvalue weighted by Gasteiger charge is -2.61. The molecule has 4 rings (SSSR count). The topological polar surface area (TPSA) is 61.8 Å².